The Morgan fingerprint density at radius 1 is 1.24 bits per heavy atom. The quantitative estimate of drug-likeness (QED) is 0.718. The molecule has 1 fully saturated rings. The molecule has 1 aromatic rings. The van der Waals surface area contributed by atoms with Gasteiger partial charge in [0.2, 0.25) is 0 Å². The fraction of sp³-hybridized carbons (Fsp3) is 0.438. The van der Waals surface area contributed by atoms with E-state index in [-0.39, 0.29) is 29.4 Å². The van der Waals surface area contributed by atoms with E-state index in [0.29, 0.717) is 12.2 Å². The molecule has 0 unspecified atom stereocenters. The normalized spacial score (nSPS) is 18.4. The first-order valence-electron chi connectivity index (χ1n) is 7.64. The van der Waals surface area contributed by atoms with Gasteiger partial charge in [0.15, 0.2) is 16.4 Å². The minimum Gasteiger partial charge on any atom is -0.496 e. The number of rotatable bonds is 6. The van der Waals surface area contributed by atoms with Gasteiger partial charge in [-0.2, -0.15) is 0 Å². The monoisotopic (exact) mass is 369 g/mol. The van der Waals surface area contributed by atoms with E-state index >= 15 is 0 Å². The van der Waals surface area contributed by atoms with Crippen LogP contribution < -0.4 is 10.1 Å². The van der Waals surface area contributed by atoms with Gasteiger partial charge in [0.05, 0.1) is 24.2 Å². The summed E-state index contributed by atoms with van der Waals surface area (Å²) in [5.74, 6) is -2.05. The van der Waals surface area contributed by atoms with Crippen LogP contribution in [0.25, 0.3) is 0 Å². The number of carbonyl (C=O) groups is 3. The van der Waals surface area contributed by atoms with Crippen molar-refractivity contribution in [1.29, 1.82) is 0 Å². The fourth-order valence-corrected chi connectivity index (χ4v) is 4.40. The van der Waals surface area contributed by atoms with Crippen LogP contribution in [-0.4, -0.2) is 51.4 Å². The summed E-state index contributed by atoms with van der Waals surface area (Å²) in [5, 5.41) is 2.10. The van der Waals surface area contributed by atoms with Crippen molar-refractivity contribution in [2.45, 2.75) is 12.8 Å². The minimum absolute atomic E-state index is 0.0411. The molecule has 136 valence electrons. The Kier molecular flexibility index (Phi) is 6.13. The highest BCUT2D eigenvalue weighted by Gasteiger charge is 2.30. The Morgan fingerprint density at radius 2 is 1.96 bits per heavy atom. The molecule has 1 heterocycles. The molecule has 0 aromatic heterocycles. The smallest absolute Gasteiger partial charge is 0.306 e. The van der Waals surface area contributed by atoms with Crippen LogP contribution in [0.4, 0.5) is 0 Å². The van der Waals surface area contributed by atoms with Crippen molar-refractivity contribution in [1.82, 2.24) is 5.32 Å². The third-order valence-corrected chi connectivity index (χ3v) is 5.59. The van der Waals surface area contributed by atoms with E-state index in [1.807, 2.05) is 0 Å². The molecule has 0 spiro atoms. The largest absolute Gasteiger partial charge is 0.496 e. The van der Waals surface area contributed by atoms with Gasteiger partial charge in [-0.25, -0.2) is 8.42 Å². The molecule has 25 heavy (non-hydrogen) atoms. The van der Waals surface area contributed by atoms with Crippen molar-refractivity contribution in [3.63, 3.8) is 0 Å². The average molecular weight is 369 g/mol. The first-order chi connectivity index (χ1) is 11.8. The predicted octanol–water partition coefficient (Wildman–Crippen LogP) is 0.320. The topological polar surface area (TPSA) is 116 Å². The number of carbonyl (C=O) groups excluding carboxylic acids is 3. The number of sulfone groups is 1. The number of para-hydroxylation sites is 1. The van der Waals surface area contributed by atoms with E-state index in [1.165, 1.54) is 13.2 Å². The maximum absolute atomic E-state index is 12.0. The lowest BCUT2D eigenvalue weighted by Gasteiger charge is -2.10. The van der Waals surface area contributed by atoms with E-state index < -0.39 is 34.2 Å². The Morgan fingerprint density at radius 3 is 2.60 bits per heavy atom. The summed E-state index contributed by atoms with van der Waals surface area (Å²) in [7, 11) is -1.67. The lowest BCUT2D eigenvalue weighted by atomic mass is 10.1. The Labute approximate surface area is 145 Å². The van der Waals surface area contributed by atoms with Crippen LogP contribution in [0.3, 0.4) is 0 Å². The fourth-order valence-electron chi connectivity index (χ4n) is 2.54. The van der Waals surface area contributed by atoms with Gasteiger partial charge in [-0.15, -0.1) is 0 Å². The Balaban J connectivity index is 1.78. The number of hydrogen-bond donors (Lipinski definition) is 1. The molecule has 1 atom stereocenters. The molecule has 0 saturated carbocycles. The van der Waals surface area contributed by atoms with Gasteiger partial charge < -0.3 is 9.47 Å². The van der Waals surface area contributed by atoms with Crippen LogP contribution in [0.15, 0.2) is 24.3 Å². The van der Waals surface area contributed by atoms with Gasteiger partial charge in [-0.05, 0) is 24.5 Å². The van der Waals surface area contributed by atoms with Crippen LogP contribution in [0.1, 0.15) is 23.2 Å². The second-order valence-electron chi connectivity index (χ2n) is 5.71. The molecule has 1 aliphatic rings. The van der Waals surface area contributed by atoms with E-state index in [1.54, 1.807) is 18.2 Å². The van der Waals surface area contributed by atoms with E-state index in [9.17, 15) is 22.8 Å². The van der Waals surface area contributed by atoms with E-state index in [0.717, 1.165) is 0 Å². The Bertz CT molecular complexity index is 772. The van der Waals surface area contributed by atoms with Gasteiger partial charge in [0, 0.05) is 6.42 Å². The molecule has 2 rings (SSSR count). The second-order valence-corrected chi connectivity index (χ2v) is 7.94. The van der Waals surface area contributed by atoms with Crippen molar-refractivity contribution >= 4 is 27.6 Å². The number of nitrogens with one attached hydrogen (secondary N) is 1. The third kappa shape index (κ3) is 5.56. The molecule has 1 aliphatic heterocycles. The van der Waals surface area contributed by atoms with Crippen LogP contribution >= 0.6 is 0 Å². The van der Waals surface area contributed by atoms with Gasteiger partial charge in [-0.1, -0.05) is 12.1 Å². The number of ether oxygens (including phenoxy) is 2. The molecule has 0 bridgehead atoms. The summed E-state index contributed by atoms with van der Waals surface area (Å²) in [6, 6.07) is 6.38. The zero-order chi connectivity index (χ0) is 18.4. The summed E-state index contributed by atoms with van der Waals surface area (Å²) in [4.78, 5) is 35.4. The molecular weight excluding hydrogens is 350 g/mol. The minimum atomic E-state index is -3.07. The van der Waals surface area contributed by atoms with Crippen LogP contribution in [-0.2, 0) is 24.2 Å². The number of hydrogen-bond acceptors (Lipinski definition) is 7. The molecular formula is C16H19NO7S. The summed E-state index contributed by atoms with van der Waals surface area (Å²) in [5.41, 5.74) is 0.181. The number of imide groups is 1. The van der Waals surface area contributed by atoms with Gasteiger partial charge in [0.25, 0.3) is 11.8 Å². The first-order valence-corrected chi connectivity index (χ1v) is 9.46. The molecule has 8 nitrogen and oxygen atoms in total. The Hall–Kier alpha value is -2.42. The summed E-state index contributed by atoms with van der Waals surface area (Å²) in [6.45, 7) is -0.612. The van der Waals surface area contributed by atoms with E-state index in [2.05, 4.69) is 5.32 Å². The van der Waals surface area contributed by atoms with Gasteiger partial charge >= 0.3 is 5.97 Å². The number of methoxy groups -OCH3 is 1. The van der Waals surface area contributed by atoms with Crippen molar-refractivity contribution in [3.8, 4) is 5.75 Å². The first kappa shape index (κ1) is 18.9. The van der Waals surface area contributed by atoms with Crippen molar-refractivity contribution in [2.75, 3.05) is 25.2 Å². The van der Waals surface area contributed by atoms with Crippen molar-refractivity contribution in [3.05, 3.63) is 29.8 Å². The molecule has 1 aromatic carbocycles. The lowest BCUT2D eigenvalue weighted by molar-refractivity contribution is -0.149. The molecule has 2 amide bonds. The maximum atomic E-state index is 12.0. The highest BCUT2D eigenvalue weighted by molar-refractivity contribution is 7.91. The zero-order valence-corrected chi connectivity index (χ0v) is 14.5. The summed E-state index contributed by atoms with van der Waals surface area (Å²) < 4.78 is 32.5. The number of benzene rings is 1. The van der Waals surface area contributed by atoms with Gasteiger partial charge in [0.1, 0.15) is 5.75 Å². The van der Waals surface area contributed by atoms with Crippen molar-refractivity contribution < 1.29 is 32.3 Å². The van der Waals surface area contributed by atoms with Crippen LogP contribution in [0.5, 0.6) is 5.75 Å². The zero-order valence-electron chi connectivity index (χ0n) is 13.7. The van der Waals surface area contributed by atoms with Crippen LogP contribution in [0, 0.1) is 5.92 Å². The van der Waals surface area contributed by atoms with Crippen molar-refractivity contribution in [2.24, 2.45) is 5.92 Å². The molecule has 1 saturated heterocycles. The highest BCUT2D eigenvalue weighted by Crippen LogP contribution is 2.21. The number of esters is 1. The predicted molar refractivity (Wildman–Crippen MR) is 87.8 cm³/mol. The maximum Gasteiger partial charge on any atom is 0.306 e. The summed E-state index contributed by atoms with van der Waals surface area (Å²) in [6.07, 6.45) is 0.350. The average Bonchev–Trinajstić information content (AvgIpc) is 2.91. The highest BCUT2D eigenvalue weighted by atomic mass is 32.2. The molecule has 0 radical (unpaired) electrons. The number of amides is 2. The standard InChI is InChI=1S/C16H19NO7S/c1-23-13-5-3-2-4-12(13)16(20)17-14(18)9-24-15(19)8-11-6-7-25(21,22)10-11/h2-5,11H,6-10H2,1H3,(H,17,18,20)/t11-/m1/s1. The molecule has 0 aliphatic carbocycles. The van der Waals surface area contributed by atoms with Gasteiger partial charge in [-0.3, -0.25) is 19.7 Å². The second kappa shape index (κ2) is 8.11. The third-order valence-electron chi connectivity index (χ3n) is 3.75. The SMILES string of the molecule is COc1ccccc1C(=O)NC(=O)COC(=O)C[C@H]1CCS(=O)(=O)C1. The van der Waals surface area contributed by atoms with Crippen LogP contribution in [0.2, 0.25) is 0 Å². The lowest BCUT2D eigenvalue weighted by Crippen LogP contribution is -2.34. The van der Waals surface area contributed by atoms with E-state index in [4.69, 9.17) is 9.47 Å². The molecule has 1 N–H and O–H groups in total. The summed E-state index contributed by atoms with van der Waals surface area (Å²) >= 11 is 0. The molecule has 9 heteroatoms.